The van der Waals surface area contributed by atoms with Crippen LogP contribution in [0, 0.1) is 5.92 Å². The molecule has 0 spiro atoms. The average Bonchev–Trinajstić information content (AvgIpc) is 2.78. The van der Waals surface area contributed by atoms with Crippen LogP contribution in [0.2, 0.25) is 0 Å². The van der Waals surface area contributed by atoms with Gasteiger partial charge in [0.25, 0.3) is 15.0 Å². The van der Waals surface area contributed by atoms with Crippen molar-refractivity contribution in [1.82, 2.24) is 5.32 Å². The van der Waals surface area contributed by atoms with Gasteiger partial charge in [0, 0.05) is 23.6 Å². The molecule has 3 rings (SSSR count). The highest BCUT2D eigenvalue weighted by atomic mass is 35.7. The van der Waals surface area contributed by atoms with Crippen molar-refractivity contribution < 1.29 is 17.9 Å². The maximum absolute atomic E-state index is 12.1. The van der Waals surface area contributed by atoms with E-state index in [1.807, 2.05) is 0 Å². The van der Waals surface area contributed by atoms with Gasteiger partial charge >= 0.3 is 0 Å². The van der Waals surface area contributed by atoms with Crippen LogP contribution < -0.4 is 10.1 Å². The van der Waals surface area contributed by atoms with Gasteiger partial charge in [-0.2, -0.15) is 0 Å². The van der Waals surface area contributed by atoms with Gasteiger partial charge in [-0.3, -0.25) is 4.79 Å². The molecule has 1 aliphatic carbocycles. The van der Waals surface area contributed by atoms with E-state index >= 15 is 0 Å². The van der Waals surface area contributed by atoms with Gasteiger partial charge in [-0.25, -0.2) is 8.42 Å². The summed E-state index contributed by atoms with van der Waals surface area (Å²) >= 11 is 0. The van der Waals surface area contributed by atoms with Crippen LogP contribution in [0.15, 0.2) is 23.1 Å². The summed E-state index contributed by atoms with van der Waals surface area (Å²) in [6.07, 6.45) is 3.35. The van der Waals surface area contributed by atoms with Crippen LogP contribution in [0.4, 0.5) is 0 Å². The van der Waals surface area contributed by atoms with Crippen LogP contribution >= 0.6 is 10.7 Å². The smallest absolute Gasteiger partial charge is 0.261 e. The number of hydrogen-bond acceptors (Lipinski definition) is 4. The number of benzene rings is 1. The lowest BCUT2D eigenvalue weighted by Gasteiger charge is -2.25. The normalized spacial score (nSPS) is 21.3. The molecule has 1 saturated carbocycles. The Kier molecular flexibility index (Phi) is 3.84. The van der Waals surface area contributed by atoms with Crippen molar-refractivity contribution in [3.8, 4) is 5.75 Å². The molecule has 0 radical (unpaired) electrons. The highest BCUT2D eigenvalue weighted by molar-refractivity contribution is 8.13. The van der Waals surface area contributed by atoms with Crippen molar-refractivity contribution in [2.45, 2.75) is 36.7 Å². The highest BCUT2D eigenvalue weighted by Gasteiger charge is 2.30. The van der Waals surface area contributed by atoms with E-state index in [1.54, 1.807) is 6.07 Å². The van der Waals surface area contributed by atoms with E-state index in [2.05, 4.69) is 5.32 Å². The molecule has 0 bridgehead atoms. The largest absolute Gasteiger partial charge is 0.480 e. The lowest BCUT2D eigenvalue weighted by atomic mass is 9.85. The zero-order chi connectivity index (χ0) is 15.0. The van der Waals surface area contributed by atoms with Crippen LogP contribution in [0.5, 0.6) is 5.75 Å². The Bertz CT molecular complexity index is 670. The number of rotatable bonds is 4. The van der Waals surface area contributed by atoms with Crippen molar-refractivity contribution in [2.75, 3.05) is 6.54 Å². The highest BCUT2D eigenvalue weighted by Crippen LogP contribution is 2.32. The molecule has 1 unspecified atom stereocenters. The predicted octanol–water partition coefficient (Wildman–Crippen LogP) is 1.83. The molecule has 1 aromatic carbocycles. The standard InChI is InChI=1S/C14H16ClNO4S/c15-21(18,19)11-4-5-12-10(6-11)7-13(20-12)14(17)16-8-9-2-1-3-9/h4-6,9,13H,1-3,7-8H2,(H,16,17). The molecule has 21 heavy (non-hydrogen) atoms. The Hall–Kier alpha value is -1.27. The number of carbonyl (C=O) groups is 1. The Morgan fingerprint density at radius 2 is 2.14 bits per heavy atom. The molecule has 1 atom stereocenters. The van der Waals surface area contributed by atoms with E-state index in [1.165, 1.54) is 31.4 Å². The molecule has 1 amide bonds. The van der Waals surface area contributed by atoms with Gasteiger partial charge < -0.3 is 10.1 Å². The van der Waals surface area contributed by atoms with E-state index in [9.17, 15) is 13.2 Å². The van der Waals surface area contributed by atoms with Crippen LogP contribution in [-0.2, 0) is 20.3 Å². The number of amides is 1. The molecule has 0 aromatic heterocycles. The number of carbonyl (C=O) groups excluding carboxylic acids is 1. The molecule has 1 heterocycles. The summed E-state index contributed by atoms with van der Waals surface area (Å²) in [4.78, 5) is 12.1. The molecule has 7 heteroatoms. The second kappa shape index (κ2) is 5.50. The maximum Gasteiger partial charge on any atom is 0.261 e. The fourth-order valence-corrected chi connectivity index (χ4v) is 3.38. The number of hydrogen-bond donors (Lipinski definition) is 1. The number of fused-ring (bicyclic) bond motifs is 1. The molecule has 114 valence electrons. The van der Waals surface area contributed by atoms with E-state index in [4.69, 9.17) is 15.4 Å². The zero-order valence-corrected chi connectivity index (χ0v) is 12.9. The summed E-state index contributed by atoms with van der Waals surface area (Å²) in [5.74, 6) is 0.988. The lowest BCUT2D eigenvalue weighted by molar-refractivity contribution is -0.127. The van der Waals surface area contributed by atoms with Gasteiger partial charge in [0.05, 0.1) is 4.90 Å². The number of ether oxygens (including phenoxy) is 1. The minimum atomic E-state index is -3.76. The second-order valence-corrected chi connectivity index (χ2v) is 8.13. The van der Waals surface area contributed by atoms with Gasteiger partial charge in [0.2, 0.25) is 0 Å². The molecule has 0 saturated heterocycles. The average molecular weight is 330 g/mol. The summed E-state index contributed by atoms with van der Waals surface area (Å²) < 4.78 is 28.2. The van der Waals surface area contributed by atoms with E-state index in [0.29, 0.717) is 30.2 Å². The zero-order valence-electron chi connectivity index (χ0n) is 11.3. The van der Waals surface area contributed by atoms with Gasteiger partial charge in [-0.15, -0.1) is 0 Å². The molecule has 1 aliphatic heterocycles. The first kappa shape index (κ1) is 14.7. The topological polar surface area (TPSA) is 72.5 Å². The Morgan fingerprint density at radius 1 is 1.38 bits per heavy atom. The predicted molar refractivity (Wildman–Crippen MR) is 78.0 cm³/mol. The maximum atomic E-state index is 12.1. The third kappa shape index (κ3) is 3.16. The molecule has 1 fully saturated rings. The summed E-state index contributed by atoms with van der Waals surface area (Å²) in [7, 11) is 1.55. The molecule has 1 aromatic rings. The number of halogens is 1. The van der Waals surface area contributed by atoms with Gasteiger partial charge in [-0.1, -0.05) is 6.42 Å². The van der Waals surface area contributed by atoms with E-state index in [0.717, 1.165) is 0 Å². The van der Waals surface area contributed by atoms with Crippen molar-refractivity contribution in [3.63, 3.8) is 0 Å². The van der Waals surface area contributed by atoms with Crippen molar-refractivity contribution in [1.29, 1.82) is 0 Å². The summed E-state index contributed by atoms with van der Waals surface area (Å²) in [6.45, 7) is 0.691. The van der Waals surface area contributed by atoms with Gasteiger partial charge in [-0.05, 0) is 42.5 Å². The van der Waals surface area contributed by atoms with Crippen molar-refractivity contribution in [3.05, 3.63) is 23.8 Å². The Morgan fingerprint density at radius 3 is 2.76 bits per heavy atom. The second-order valence-electron chi connectivity index (χ2n) is 5.56. The summed E-state index contributed by atoms with van der Waals surface area (Å²) in [5.41, 5.74) is 0.695. The Balaban J connectivity index is 1.65. The van der Waals surface area contributed by atoms with Crippen LogP contribution in [-0.4, -0.2) is 27.0 Å². The monoisotopic (exact) mass is 329 g/mol. The third-order valence-corrected chi connectivity index (χ3v) is 5.42. The lowest BCUT2D eigenvalue weighted by Crippen LogP contribution is -2.40. The van der Waals surface area contributed by atoms with Crippen molar-refractivity contribution in [2.24, 2.45) is 5.92 Å². The minimum Gasteiger partial charge on any atom is -0.480 e. The van der Waals surface area contributed by atoms with Crippen LogP contribution in [0.1, 0.15) is 24.8 Å². The minimum absolute atomic E-state index is 0.0297. The molecule has 5 nitrogen and oxygen atoms in total. The van der Waals surface area contributed by atoms with E-state index in [-0.39, 0.29) is 10.8 Å². The van der Waals surface area contributed by atoms with E-state index < -0.39 is 15.2 Å². The van der Waals surface area contributed by atoms with Crippen LogP contribution in [0.3, 0.4) is 0 Å². The molecule has 2 aliphatic rings. The third-order valence-electron chi connectivity index (χ3n) is 4.07. The van der Waals surface area contributed by atoms with Crippen LogP contribution in [0.25, 0.3) is 0 Å². The van der Waals surface area contributed by atoms with Gasteiger partial charge in [0.1, 0.15) is 5.75 Å². The quantitative estimate of drug-likeness (QED) is 0.855. The molecular weight excluding hydrogens is 314 g/mol. The fourth-order valence-electron chi connectivity index (χ4n) is 2.58. The summed E-state index contributed by atoms with van der Waals surface area (Å²) in [5, 5.41) is 2.90. The fraction of sp³-hybridized carbons (Fsp3) is 0.500. The van der Waals surface area contributed by atoms with Crippen molar-refractivity contribution >= 4 is 25.6 Å². The first-order valence-corrected chi connectivity index (χ1v) is 9.26. The molecular formula is C14H16ClNO4S. The molecule has 1 N–H and O–H groups in total. The van der Waals surface area contributed by atoms with Gasteiger partial charge in [0.15, 0.2) is 6.10 Å². The first-order valence-electron chi connectivity index (χ1n) is 6.95. The first-order chi connectivity index (χ1) is 9.93. The number of nitrogens with one attached hydrogen (secondary N) is 1. The summed E-state index contributed by atoms with van der Waals surface area (Å²) in [6, 6.07) is 4.40. The Labute approximate surface area is 128 Å². The SMILES string of the molecule is O=C(NCC1CCC1)C1Cc2cc(S(=O)(=O)Cl)ccc2O1.